The molecule has 0 radical (unpaired) electrons. The third-order valence-corrected chi connectivity index (χ3v) is 4.67. The number of hydrogen-bond acceptors (Lipinski definition) is 3. The van der Waals surface area contributed by atoms with Gasteiger partial charge in [0.1, 0.15) is 5.58 Å². The fraction of sp³-hybridized carbons (Fsp3) is 0. The lowest BCUT2D eigenvalue weighted by atomic mass is 10.2. The Morgan fingerprint density at radius 3 is 2.62 bits per heavy atom. The summed E-state index contributed by atoms with van der Waals surface area (Å²) in [4.78, 5) is 4.69. The maximum absolute atomic E-state index is 5.86. The highest BCUT2D eigenvalue weighted by atomic mass is 79.9. The lowest BCUT2D eigenvalue weighted by molar-refractivity contribution is 0.631. The molecule has 4 rings (SSSR count). The number of thiazole rings is 1. The molecule has 0 aliphatic rings. The van der Waals surface area contributed by atoms with Crippen molar-refractivity contribution in [3.05, 3.63) is 64.5 Å². The summed E-state index contributed by atoms with van der Waals surface area (Å²) in [7, 11) is 0. The molecule has 2 nitrogen and oxygen atoms in total. The summed E-state index contributed by atoms with van der Waals surface area (Å²) >= 11 is 5.05. The summed E-state index contributed by atoms with van der Waals surface area (Å²) in [6.07, 6.45) is 0. The lowest BCUT2D eigenvalue weighted by Gasteiger charge is -1.96. The number of hydrogen-bond donors (Lipinski definition) is 0. The van der Waals surface area contributed by atoms with Crippen LogP contribution in [0.2, 0.25) is 0 Å². The number of benzene rings is 2. The maximum Gasteiger partial charge on any atom is 0.164 e. The second-order valence-corrected chi connectivity index (χ2v) is 6.47. The van der Waals surface area contributed by atoms with Crippen molar-refractivity contribution in [2.24, 2.45) is 0 Å². The molecule has 2 heterocycles. The van der Waals surface area contributed by atoms with E-state index in [4.69, 9.17) is 4.42 Å². The molecule has 0 atom stereocenters. The van der Waals surface area contributed by atoms with E-state index in [1.165, 1.54) is 0 Å². The Morgan fingerprint density at radius 2 is 1.81 bits per heavy atom. The van der Waals surface area contributed by atoms with Gasteiger partial charge in [0, 0.05) is 20.8 Å². The zero-order chi connectivity index (χ0) is 14.2. The molecule has 0 amide bonds. The summed E-state index contributed by atoms with van der Waals surface area (Å²) in [6, 6.07) is 18.2. The van der Waals surface area contributed by atoms with Crippen LogP contribution in [0.3, 0.4) is 0 Å². The van der Waals surface area contributed by atoms with E-state index in [1.807, 2.05) is 42.5 Å². The molecule has 4 aromatic rings. The van der Waals surface area contributed by atoms with Gasteiger partial charge in [0.2, 0.25) is 0 Å². The van der Waals surface area contributed by atoms with Gasteiger partial charge >= 0.3 is 0 Å². The van der Waals surface area contributed by atoms with Crippen LogP contribution in [-0.4, -0.2) is 4.98 Å². The number of halogens is 1. The van der Waals surface area contributed by atoms with E-state index in [0.29, 0.717) is 0 Å². The Hall–Kier alpha value is -1.91. The third-order valence-electron chi connectivity index (χ3n) is 3.28. The zero-order valence-electron chi connectivity index (χ0n) is 10.9. The van der Waals surface area contributed by atoms with Gasteiger partial charge in [0.05, 0.1) is 5.69 Å². The number of aromatic nitrogens is 1. The largest absolute Gasteiger partial charge is 0.454 e. The molecule has 0 aliphatic carbocycles. The number of nitrogens with zero attached hydrogens (tertiary/aromatic N) is 1. The van der Waals surface area contributed by atoms with E-state index in [2.05, 4.69) is 38.4 Å². The van der Waals surface area contributed by atoms with Crippen LogP contribution in [0.1, 0.15) is 0 Å². The first-order chi connectivity index (χ1) is 10.3. The van der Waals surface area contributed by atoms with Crippen LogP contribution in [0.25, 0.3) is 33.0 Å². The predicted octanol–water partition coefficient (Wildman–Crippen LogP) is 5.99. The Balaban J connectivity index is 1.75. The molecule has 0 N–H and O–H groups in total. The highest BCUT2D eigenvalue weighted by Gasteiger charge is 2.11. The fourth-order valence-corrected chi connectivity index (χ4v) is 3.27. The van der Waals surface area contributed by atoms with E-state index >= 15 is 0 Å². The van der Waals surface area contributed by atoms with Crippen LogP contribution in [0, 0.1) is 0 Å². The summed E-state index contributed by atoms with van der Waals surface area (Å²) in [5.41, 5.74) is 2.98. The highest BCUT2D eigenvalue weighted by Crippen LogP contribution is 2.32. The first kappa shape index (κ1) is 12.8. The van der Waals surface area contributed by atoms with Crippen LogP contribution in [0.4, 0.5) is 0 Å². The minimum Gasteiger partial charge on any atom is -0.454 e. The summed E-state index contributed by atoms with van der Waals surface area (Å²) in [6.45, 7) is 0. The fourth-order valence-electron chi connectivity index (χ4n) is 2.23. The van der Waals surface area contributed by atoms with Crippen molar-refractivity contribution >= 4 is 38.2 Å². The molecular weight excluding hydrogens is 346 g/mol. The van der Waals surface area contributed by atoms with Crippen LogP contribution >= 0.6 is 27.3 Å². The Bertz CT molecular complexity index is 875. The molecule has 0 saturated carbocycles. The zero-order valence-corrected chi connectivity index (χ0v) is 13.3. The second-order valence-electron chi connectivity index (χ2n) is 4.69. The van der Waals surface area contributed by atoms with Gasteiger partial charge in [0.25, 0.3) is 0 Å². The quantitative estimate of drug-likeness (QED) is 0.441. The van der Waals surface area contributed by atoms with Crippen molar-refractivity contribution in [3.8, 4) is 22.0 Å². The minimum atomic E-state index is 0.824. The molecule has 0 aliphatic heterocycles. The summed E-state index contributed by atoms with van der Waals surface area (Å²) in [5.74, 6) is 0.824. The molecule has 0 spiro atoms. The van der Waals surface area contributed by atoms with Gasteiger partial charge in [-0.1, -0.05) is 46.3 Å². The standard InChI is InChI=1S/C17H10BrNOS/c18-13-7-5-11(6-8-13)14-10-21-17(19-14)16-9-12-3-1-2-4-15(12)20-16/h1-10H. The molecule has 4 heteroatoms. The molecule has 0 fully saturated rings. The van der Waals surface area contributed by atoms with E-state index in [1.54, 1.807) is 11.3 Å². The highest BCUT2D eigenvalue weighted by molar-refractivity contribution is 9.10. The molecule has 0 bridgehead atoms. The van der Waals surface area contributed by atoms with E-state index in [-0.39, 0.29) is 0 Å². The Kier molecular flexibility index (Phi) is 3.13. The van der Waals surface area contributed by atoms with Crippen LogP contribution in [0.5, 0.6) is 0 Å². The van der Waals surface area contributed by atoms with Gasteiger partial charge in [0.15, 0.2) is 10.8 Å². The summed E-state index contributed by atoms with van der Waals surface area (Å²) < 4.78 is 6.93. The molecule has 0 saturated heterocycles. The first-order valence-corrected chi connectivity index (χ1v) is 8.17. The monoisotopic (exact) mass is 355 g/mol. The van der Waals surface area contributed by atoms with E-state index in [9.17, 15) is 0 Å². The number of para-hydroxylation sites is 1. The van der Waals surface area contributed by atoms with Crippen molar-refractivity contribution < 1.29 is 4.42 Å². The van der Waals surface area contributed by atoms with E-state index < -0.39 is 0 Å². The first-order valence-electron chi connectivity index (χ1n) is 6.50. The van der Waals surface area contributed by atoms with Crippen molar-refractivity contribution in [1.82, 2.24) is 4.98 Å². The van der Waals surface area contributed by atoms with Gasteiger partial charge in [-0.15, -0.1) is 11.3 Å². The number of rotatable bonds is 2. The molecule has 2 aromatic heterocycles. The second kappa shape index (κ2) is 5.13. The SMILES string of the molecule is Brc1ccc(-c2csc(-c3cc4ccccc4o3)n2)cc1. The molecule has 2 aromatic carbocycles. The van der Waals surface area contributed by atoms with Gasteiger partial charge in [-0.2, -0.15) is 0 Å². The van der Waals surface area contributed by atoms with E-state index in [0.717, 1.165) is 37.5 Å². The van der Waals surface area contributed by atoms with Crippen molar-refractivity contribution in [2.45, 2.75) is 0 Å². The normalized spacial score (nSPS) is 11.1. The summed E-state index contributed by atoms with van der Waals surface area (Å²) in [5, 5.41) is 4.07. The Morgan fingerprint density at radius 1 is 1.00 bits per heavy atom. The smallest absolute Gasteiger partial charge is 0.164 e. The minimum absolute atomic E-state index is 0.824. The number of fused-ring (bicyclic) bond motifs is 1. The maximum atomic E-state index is 5.86. The molecular formula is C17H10BrNOS. The van der Waals surface area contributed by atoms with Crippen LogP contribution in [-0.2, 0) is 0 Å². The lowest BCUT2D eigenvalue weighted by Crippen LogP contribution is -1.77. The topological polar surface area (TPSA) is 26.0 Å². The van der Waals surface area contributed by atoms with Crippen molar-refractivity contribution in [1.29, 1.82) is 0 Å². The predicted molar refractivity (Wildman–Crippen MR) is 90.5 cm³/mol. The van der Waals surface area contributed by atoms with Gasteiger partial charge < -0.3 is 4.42 Å². The molecule has 21 heavy (non-hydrogen) atoms. The average Bonchev–Trinajstić information content (AvgIpc) is 3.14. The number of furan rings is 1. The van der Waals surface area contributed by atoms with Gasteiger partial charge in [-0.05, 0) is 24.3 Å². The van der Waals surface area contributed by atoms with Crippen molar-refractivity contribution in [2.75, 3.05) is 0 Å². The van der Waals surface area contributed by atoms with Gasteiger partial charge in [-0.3, -0.25) is 0 Å². The van der Waals surface area contributed by atoms with Gasteiger partial charge in [-0.25, -0.2) is 4.98 Å². The average molecular weight is 356 g/mol. The molecule has 102 valence electrons. The Labute approximate surface area is 134 Å². The van der Waals surface area contributed by atoms with Crippen molar-refractivity contribution in [3.63, 3.8) is 0 Å². The van der Waals surface area contributed by atoms with Crippen LogP contribution < -0.4 is 0 Å². The van der Waals surface area contributed by atoms with Crippen LogP contribution in [0.15, 0.2) is 68.9 Å². The molecule has 0 unspecified atom stereocenters. The third kappa shape index (κ3) is 2.41.